The summed E-state index contributed by atoms with van der Waals surface area (Å²) >= 11 is 0. The summed E-state index contributed by atoms with van der Waals surface area (Å²) in [6.07, 6.45) is -3.14. The number of benzene rings is 1. The first-order chi connectivity index (χ1) is 13.8. The molecular formula is C20H16F3N5O. The summed E-state index contributed by atoms with van der Waals surface area (Å²) in [5.74, 6) is 0.0142. The molecular weight excluding hydrogens is 383 g/mol. The van der Waals surface area contributed by atoms with E-state index in [1.54, 1.807) is 12.1 Å². The Balaban J connectivity index is 1.53. The molecule has 0 spiro atoms. The number of aromatic hydroxyl groups is 1. The summed E-state index contributed by atoms with van der Waals surface area (Å²) in [7, 11) is 0. The van der Waals surface area contributed by atoms with E-state index >= 15 is 0 Å². The second-order valence-electron chi connectivity index (χ2n) is 6.83. The van der Waals surface area contributed by atoms with Gasteiger partial charge < -0.3 is 5.11 Å². The van der Waals surface area contributed by atoms with Gasteiger partial charge in [0.25, 0.3) is 0 Å². The molecule has 0 amide bonds. The van der Waals surface area contributed by atoms with Gasteiger partial charge >= 0.3 is 6.18 Å². The average Bonchev–Trinajstić information content (AvgIpc) is 3.04. The van der Waals surface area contributed by atoms with Gasteiger partial charge in [-0.3, -0.25) is 4.90 Å². The molecule has 0 radical (unpaired) electrons. The molecule has 0 bridgehead atoms. The van der Waals surface area contributed by atoms with Crippen LogP contribution >= 0.6 is 0 Å². The Bertz CT molecular complexity index is 1070. The lowest BCUT2D eigenvalue weighted by molar-refractivity contribution is -0.137. The fourth-order valence-corrected chi connectivity index (χ4v) is 3.33. The largest absolute Gasteiger partial charge is 0.493 e. The van der Waals surface area contributed by atoms with E-state index in [2.05, 4.69) is 21.1 Å². The first kappa shape index (κ1) is 19.0. The van der Waals surface area contributed by atoms with Crippen LogP contribution in [0.2, 0.25) is 0 Å². The quantitative estimate of drug-likeness (QED) is 0.730. The maximum absolute atomic E-state index is 12.7. The smallest absolute Gasteiger partial charge is 0.417 e. The van der Waals surface area contributed by atoms with Gasteiger partial charge in [-0.25, -0.2) is 4.98 Å². The van der Waals surface area contributed by atoms with Crippen molar-refractivity contribution in [3.8, 4) is 17.8 Å². The second kappa shape index (κ2) is 7.22. The fraction of sp³-hybridized carbons (Fsp3) is 0.250. The maximum atomic E-state index is 12.7. The molecule has 0 saturated carbocycles. The van der Waals surface area contributed by atoms with Crippen molar-refractivity contribution >= 4 is 0 Å². The molecule has 0 saturated heterocycles. The van der Waals surface area contributed by atoms with Crippen LogP contribution in [0.5, 0.6) is 5.88 Å². The van der Waals surface area contributed by atoms with Crippen molar-refractivity contribution < 1.29 is 18.3 Å². The normalized spacial score (nSPS) is 14.4. The van der Waals surface area contributed by atoms with Crippen LogP contribution in [-0.4, -0.2) is 31.3 Å². The van der Waals surface area contributed by atoms with Gasteiger partial charge in [0.15, 0.2) is 5.82 Å². The number of aromatic nitrogens is 3. The van der Waals surface area contributed by atoms with Crippen molar-refractivity contribution in [1.82, 2.24) is 19.7 Å². The predicted molar refractivity (Wildman–Crippen MR) is 97.0 cm³/mol. The Kier molecular flexibility index (Phi) is 4.72. The van der Waals surface area contributed by atoms with Gasteiger partial charge in [-0.1, -0.05) is 12.1 Å². The summed E-state index contributed by atoms with van der Waals surface area (Å²) in [6, 6.07) is 11.5. The number of alkyl halides is 3. The average molecular weight is 399 g/mol. The number of pyridine rings is 1. The van der Waals surface area contributed by atoms with Gasteiger partial charge in [0.05, 0.1) is 28.5 Å². The van der Waals surface area contributed by atoms with Crippen molar-refractivity contribution in [2.75, 3.05) is 6.54 Å². The molecule has 9 heteroatoms. The Morgan fingerprint density at radius 2 is 1.90 bits per heavy atom. The third kappa shape index (κ3) is 3.79. The Morgan fingerprint density at radius 3 is 2.52 bits per heavy atom. The van der Waals surface area contributed by atoms with Gasteiger partial charge in [0.1, 0.15) is 0 Å². The molecule has 3 aromatic rings. The van der Waals surface area contributed by atoms with Gasteiger partial charge in [-0.05, 0) is 29.8 Å². The molecule has 6 nitrogen and oxygen atoms in total. The third-order valence-electron chi connectivity index (χ3n) is 4.87. The minimum atomic E-state index is -4.47. The SMILES string of the molecule is N#Cc1ccc(CN2CCc3nn(-c4ccc(C(F)(F)F)cn4)c(O)c3C2)cc1. The summed E-state index contributed by atoms with van der Waals surface area (Å²) in [4.78, 5) is 5.94. The number of hydrogen-bond donors (Lipinski definition) is 1. The number of halogens is 3. The van der Waals surface area contributed by atoms with Crippen molar-refractivity contribution in [3.05, 3.63) is 70.5 Å². The highest BCUT2D eigenvalue weighted by molar-refractivity contribution is 5.39. The zero-order chi connectivity index (χ0) is 20.6. The summed E-state index contributed by atoms with van der Waals surface area (Å²) in [5.41, 5.74) is 2.14. The van der Waals surface area contributed by atoms with Crippen molar-refractivity contribution in [1.29, 1.82) is 5.26 Å². The van der Waals surface area contributed by atoms with E-state index in [0.717, 1.165) is 24.4 Å². The Morgan fingerprint density at radius 1 is 1.14 bits per heavy atom. The number of rotatable bonds is 3. The van der Waals surface area contributed by atoms with Crippen LogP contribution in [-0.2, 0) is 25.7 Å². The van der Waals surface area contributed by atoms with E-state index in [9.17, 15) is 18.3 Å². The summed E-state index contributed by atoms with van der Waals surface area (Å²) < 4.78 is 39.3. The van der Waals surface area contributed by atoms with Crippen LogP contribution in [0.15, 0.2) is 42.6 Å². The summed E-state index contributed by atoms with van der Waals surface area (Å²) in [5, 5.41) is 23.8. The zero-order valence-corrected chi connectivity index (χ0v) is 15.2. The molecule has 0 fully saturated rings. The van der Waals surface area contributed by atoms with E-state index in [0.29, 0.717) is 36.3 Å². The van der Waals surface area contributed by atoms with Crippen molar-refractivity contribution in [2.24, 2.45) is 0 Å². The van der Waals surface area contributed by atoms with E-state index in [1.807, 2.05) is 12.1 Å². The standard InChI is InChI=1S/C20H16F3N5O/c21-20(22,23)15-5-6-18(25-10-15)28-19(29)16-12-27(8-7-17(16)26-28)11-14-3-1-13(9-24)2-4-14/h1-6,10,29H,7-8,11-12H2. The van der Waals surface area contributed by atoms with E-state index in [-0.39, 0.29) is 11.7 Å². The van der Waals surface area contributed by atoms with Crippen LogP contribution in [0, 0.1) is 11.3 Å². The molecule has 2 aromatic heterocycles. The molecule has 148 valence electrons. The lowest BCUT2D eigenvalue weighted by atomic mass is 10.1. The second-order valence-corrected chi connectivity index (χ2v) is 6.83. The number of nitrogens with zero attached hydrogens (tertiary/aromatic N) is 5. The predicted octanol–water partition coefficient (Wildman–Crippen LogP) is 3.42. The molecule has 0 aliphatic carbocycles. The van der Waals surface area contributed by atoms with E-state index in [1.165, 1.54) is 10.7 Å². The van der Waals surface area contributed by atoms with Crippen LogP contribution in [0.1, 0.15) is 27.9 Å². The Labute approximate surface area is 164 Å². The molecule has 29 heavy (non-hydrogen) atoms. The molecule has 1 aromatic carbocycles. The lowest BCUT2D eigenvalue weighted by Gasteiger charge is -2.26. The van der Waals surface area contributed by atoms with Crippen LogP contribution < -0.4 is 0 Å². The van der Waals surface area contributed by atoms with Crippen molar-refractivity contribution in [3.63, 3.8) is 0 Å². The van der Waals surface area contributed by atoms with E-state index in [4.69, 9.17) is 5.26 Å². The van der Waals surface area contributed by atoms with Gasteiger partial charge in [-0.2, -0.15) is 28.2 Å². The minimum absolute atomic E-state index is 0.114. The number of nitriles is 1. The van der Waals surface area contributed by atoms with Crippen molar-refractivity contribution in [2.45, 2.75) is 25.7 Å². The zero-order valence-electron chi connectivity index (χ0n) is 15.2. The number of hydrogen-bond acceptors (Lipinski definition) is 5. The van der Waals surface area contributed by atoms with Gasteiger partial charge in [0, 0.05) is 32.3 Å². The van der Waals surface area contributed by atoms with Crippen LogP contribution in [0.4, 0.5) is 13.2 Å². The molecule has 0 atom stereocenters. The minimum Gasteiger partial charge on any atom is -0.493 e. The highest BCUT2D eigenvalue weighted by atomic mass is 19.4. The third-order valence-corrected chi connectivity index (χ3v) is 4.87. The monoisotopic (exact) mass is 399 g/mol. The Hall–Kier alpha value is -3.38. The fourth-order valence-electron chi connectivity index (χ4n) is 3.33. The highest BCUT2D eigenvalue weighted by Crippen LogP contribution is 2.32. The molecule has 3 heterocycles. The topological polar surface area (TPSA) is 78.0 Å². The molecule has 1 aliphatic rings. The molecule has 0 unspecified atom stereocenters. The lowest BCUT2D eigenvalue weighted by Crippen LogP contribution is -2.29. The van der Waals surface area contributed by atoms with Crippen LogP contribution in [0.3, 0.4) is 0 Å². The molecule has 1 N–H and O–H groups in total. The molecule has 4 rings (SSSR count). The van der Waals surface area contributed by atoms with Crippen LogP contribution in [0.25, 0.3) is 5.82 Å². The maximum Gasteiger partial charge on any atom is 0.417 e. The molecule has 1 aliphatic heterocycles. The van der Waals surface area contributed by atoms with E-state index < -0.39 is 11.7 Å². The van der Waals surface area contributed by atoms with Gasteiger partial charge in [0.2, 0.25) is 5.88 Å². The highest BCUT2D eigenvalue weighted by Gasteiger charge is 2.31. The summed E-state index contributed by atoms with van der Waals surface area (Å²) in [6.45, 7) is 1.83. The first-order valence-corrected chi connectivity index (χ1v) is 8.90. The first-order valence-electron chi connectivity index (χ1n) is 8.90. The van der Waals surface area contributed by atoms with Gasteiger partial charge in [-0.15, -0.1) is 0 Å². The number of fused-ring (bicyclic) bond motifs is 1.